The summed E-state index contributed by atoms with van der Waals surface area (Å²) in [6, 6.07) is 10.1. The lowest BCUT2D eigenvalue weighted by Crippen LogP contribution is -2.11. The summed E-state index contributed by atoms with van der Waals surface area (Å²) in [5, 5.41) is 0. The van der Waals surface area contributed by atoms with Crippen LogP contribution in [0.4, 0.5) is 0 Å². The Hall–Kier alpha value is -0.710. The number of hydrogen-bond donors (Lipinski definition) is 1. The van der Waals surface area contributed by atoms with Crippen LogP contribution in [0.2, 0.25) is 0 Å². The molecule has 0 amide bonds. The number of nitrogens with two attached hydrogens (primary N) is 1. The van der Waals surface area contributed by atoms with E-state index in [9.17, 15) is 0 Å². The molecule has 84 valence electrons. The summed E-state index contributed by atoms with van der Waals surface area (Å²) >= 11 is 5.25. The van der Waals surface area contributed by atoms with E-state index in [4.69, 9.17) is 10.2 Å². The normalized spacial score (nSPS) is 12.6. The second kappa shape index (κ2) is 5.57. The van der Waals surface area contributed by atoms with Crippen molar-refractivity contribution in [3.05, 3.63) is 52.9 Å². The third-order valence-corrected chi connectivity index (χ3v) is 4.37. The number of rotatable bonds is 4. The van der Waals surface area contributed by atoms with E-state index >= 15 is 0 Å². The molecule has 2 rings (SSSR count). The van der Waals surface area contributed by atoms with Crippen LogP contribution in [0.15, 0.2) is 56.6 Å². The van der Waals surface area contributed by atoms with Gasteiger partial charge in [-0.25, -0.2) is 0 Å². The third-order valence-electron chi connectivity index (χ3n) is 2.23. The maximum Gasteiger partial charge on any atom is 0.0950 e. The maximum atomic E-state index is 6.04. The van der Waals surface area contributed by atoms with Gasteiger partial charge in [0.05, 0.1) is 12.5 Å². The Morgan fingerprint density at radius 1 is 1.31 bits per heavy atom. The summed E-state index contributed by atoms with van der Waals surface area (Å²) in [6.07, 6.45) is 3.35. The largest absolute Gasteiger partial charge is 0.472 e. The van der Waals surface area contributed by atoms with Gasteiger partial charge in [-0.3, -0.25) is 0 Å². The number of thioether (sulfide) groups is 1. The van der Waals surface area contributed by atoms with Crippen molar-refractivity contribution in [3.8, 4) is 0 Å². The molecular formula is C12H12BrNOS. The van der Waals surface area contributed by atoms with Crippen LogP contribution in [0.25, 0.3) is 0 Å². The minimum atomic E-state index is 0.0101. The van der Waals surface area contributed by atoms with Crippen molar-refractivity contribution in [2.75, 3.05) is 5.75 Å². The molecule has 0 aliphatic heterocycles. The molecule has 0 aliphatic carbocycles. The monoisotopic (exact) mass is 297 g/mol. The van der Waals surface area contributed by atoms with Crippen molar-refractivity contribution >= 4 is 27.7 Å². The van der Waals surface area contributed by atoms with E-state index < -0.39 is 0 Å². The summed E-state index contributed by atoms with van der Waals surface area (Å²) in [7, 11) is 0. The maximum absolute atomic E-state index is 6.04. The Bertz CT molecular complexity index is 444. The Morgan fingerprint density at radius 3 is 2.81 bits per heavy atom. The molecule has 1 heterocycles. The van der Waals surface area contributed by atoms with E-state index in [-0.39, 0.29) is 6.04 Å². The van der Waals surface area contributed by atoms with Gasteiger partial charge in [0.15, 0.2) is 0 Å². The first-order valence-corrected chi connectivity index (χ1v) is 6.70. The van der Waals surface area contributed by atoms with E-state index in [1.165, 1.54) is 4.90 Å². The Labute approximate surface area is 107 Å². The topological polar surface area (TPSA) is 39.2 Å². The standard InChI is InChI=1S/C12H12BrNOS/c13-10-3-1-2-4-12(10)16-8-11(14)9-5-6-15-7-9/h1-7,11H,8,14H2. The van der Waals surface area contributed by atoms with Gasteiger partial charge >= 0.3 is 0 Å². The predicted molar refractivity (Wildman–Crippen MR) is 70.5 cm³/mol. The molecule has 0 fully saturated rings. The van der Waals surface area contributed by atoms with Crippen molar-refractivity contribution < 1.29 is 4.42 Å². The van der Waals surface area contributed by atoms with Crippen molar-refractivity contribution in [2.24, 2.45) is 5.73 Å². The van der Waals surface area contributed by atoms with Gasteiger partial charge in [0.2, 0.25) is 0 Å². The van der Waals surface area contributed by atoms with Crippen LogP contribution in [0.5, 0.6) is 0 Å². The summed E-state index contributed by atoms with van der Waals surface area (Å²) < 4.78 is 6.12. The molecule has 1 aromatic carbocycles. The molecule has 0 radical (unpaired) electrons. The number of hydrogen-bond acceptors (Lipinski definition) is 3. The SMILES string of the molecule is NC(CSc1ccccc1Br)c1ccoc1. The molecule has 0 bridgehead atoms. The smallest absolute Gasteiger partial charge is 0.0950 e. The molecule has 1 unspecified atom stereocenters. The van der Waals surface area contributed by atoms with Gasteiger partial charge < -0.3 is 10.2 Å². The van der Waals surface area contributed by atoms with Gasteiger partial charge in [0.25, 0.3) is 0 Å². The highest BCUT2D eigenvalue weighted by Crippen LogP contribution is 2.29. The molecule has 0 saturated heterocycles. The lowest BCUT2D eigenvalue weighted by Gasteiger charge is -2.09. The van der Waals surface area contributed by atoms with Gasteiger partial charge in [-0.15, -0.1) is 11.8 Å². The molecule has 0 spiro atoms. The summed E-state index contributed by atoms with van der Waals surface area (Å²) in [5.41, 5.74) is 7.08. The lowest BCUT2D eigenvalue weighted by atomic mass is 10.2. The fourth-order valence-electron chi connectivity index (χ4n) is 1.32. The Kier molecular flexibility index (Phi) is 4.09. The molecular weight excluding hydrogens is 286 g/mol. The highest BCUT2D eigenvalue weighted by Gasteiger charge is 2.08. The van der Waals surface area contributed by atoms with Crippen LogP contribution in [-0.2, 0) is 0 Å². The molecule has 4 heteroatoms. The van der Waals surface area contributed by atoms with Crippen molar-refractivity contribution in [1.82, 2.24) is 0 Å². The fourth-order valence-corrected chi connectivity index (χ4v) is 2.88. The zero-order valence-electron chi connectivity index (χ0n) is 8.60. The molecule has 2 N–H and O–H groups in total. The van der Waals surface area contributed by atoms with E-state index in [1.807, 2.05) is 24.3 Å². The first-order chi connectivity index (χ1) is 7.77. The van der Waals surface area contributed by atoms with Gasteiger partial charge in [-0.05, 0) is 34.1 Å². The lowest BCUT2D eigenvalue weighted by molar-refractivity contribution is 0.561. The molecule has 0 aliphatic rings. The minimum Gasteiger partial charge on any atom is -0.472 e. The van der Waals surface area contributed by atoms with Crippen molar-refractivity contribution in [3.63, 3.8) is 0 Å². The highest BCUT2D eigenvalue weighted by molar-refractivity contribution is 9.10. The van der Waals surface area contributed by atoms with Gasteiger partial charge in [-0.1, -0.05) is 12.1 Å². The fraction of sp³-hybridized carbons (Fsp3) is 0.167. The second-order valence-corrected chi connectivity index (χ2v) is 5.32. The van der Waals surface area contributed by atoms with E-state index in [2.05, 4.69) is 22.0 Å². The zero-order valence-corrected chi connectivity index (χ0v) is 11.0. The van der Waals surface area contributed by atoms with Gasteiger partial charge in [0.1, 0.15) is 0 Å². The van der Waals surface area contributed by atoms with Crippen LogP contribution in [0, 0.1) is 0 Å². The summed E-state index contributed by atoms with van der Waals surface area (Å²) in [5.74, 6) is 0.835. The molecule has 2 nitrogen and oxygen atoms in total. The zero-order chi connectivity index (χ0) is 11.4. The summed E-state index contributed by atoms with van der Waals surface area (Å²) in [4.78, 5) is 1.21. The minimum absolute atomic E-state index is 0.0101. The van der Waals surface area contributed by atoms with E-state index in [1.54, 1.807) is 24.3 Å². The van der Waals surface area contributed by atoms with Crippen LogP contribution >= 0.6 is 27.7 Å². The molecule has 1 atom stereocenters. The Balaban J connectivity index is 1.95. The van der Waals surface area contributed by atoms with Gasteiger partial charge in [-0.2, -0.15) is 0 Å². The quantitative estimate of drug-likeness (QED) is 0.872. The second-order valence-electron chi connectivity index (χ2n) is 3.40. The third kappa shape index (κ3) is 2.90. The first-order valence-electron chi connectivity index (χ1n) is 4.92. The molecule has 0 saturated carbocycles. The number of furan rings is 1. The van der Waals surface area contributed by atoms with Crippen LogP contribution in [-0.4, -0.2) is 5.75 Å². The molecule has 16 heavy (non-hydrogen) atoms. The van der Waals surface area contributed by atoms with Crippen LogP contribution in [0.3, 0.4) is 0 Å². The molecule has 1 aromatic heterocycles. The average molecular weight is 298 g/mol. The van der Waals surface area contributed by atoms with Crippen molar-refractivity contribution in [2.45, 2.75) is 10.9 Å². The van der Waals surface area contributed by atoms with E-state index in [0.717, 1.165) is 15.8 Å². The van der Waals surface area contributed by atoms with E-state index in [0.29, 0.717) is 0 Å². The van der Waals surface area contributed by atoms with Crippen molar-refractivity contribution in [1.29, 1.82) is 0 Å². The Morgan fingerprint density at radius 2 is 2.12 bits per heavy atom. The summed E-state index contributed by atoms with van der Waals surface area (Å²) in [6.45, 7) is 0. The van der Waals surface area contributed by atoms with Crippen LogP contribution in [0.1, 0.15) is 11.6 Å². The average Bonchev–Trinajstić information content (AvgIpc) is 2.81. The first kappa shape index (κ1) is 11.8. The predicted octanol–water partition coefficient (Wildman–Crippen LogP) is 3.83. The molecule has 2 aromatic rings. The van der Waals surface area contributed by atoms with Gasteiger partial charge in [0, 0.05) is 26.7 Å². The number of halogens is 1. The highest BCUT2D eigenvalue weighted by atomic mass is 79.9. The van der Waals surface area contributed by atoms with Crippen LogP contribution < -0.4 is 5.73 Å². The number of benzene rings is 1.